The van der Waals surface area contributed by atoms with Gasteiger partial charge in [0.15, 0.2) is 0 Å². The first-order valence-electron chi connectivity index (χ1n) is 5.91. The van der Waals surface area contributed by atoms with Crippen molar-refractivity contribution in [1.82, 2.24) is 0 Å². The van der Waals surface area contributed by atoms with Crippen molar-refractivity contribution < 1.29 is 4.74 Å². The quantitative estimate of drug-likeness (QED) is 0.690. The molecule has 5 atom stereocenters. The van der Waals surface area contributed by atoms with Gasteiger partial charge in [-0.3, -0.25) is 0 Å². The Morgan fingerprint density at radius 1 is 1.07 bits per heavy atom. The minimum Gasteiger partial charge on any atom is -0.381 e. The molecule has 14 heavy (non-hydrogen) atoms. The summed E-state index contributed by atoms with van der Waals surface area (Å²) in [6.45, 7) is 2.40. The number of methoxy groups -OCH3 is 1. The van der Waals surface area contributed by atoms with Crippen LogP contribution >= 0.6 is 15.9 Å². The second-order valence-electron chi connectivity index (χ2n) is 4.99. The number of hydrogen-bond acceptors (Lipinski definition) is 1. The molecule has 2 fully saturated rings. The zero-order valence-corrected chi connectivity index (χ0v) is 10.8. The fraction of sp³-hybridized carbons (Fsp3) is 1.00. The molecule has 0 aromatic carbocycles. The van der Waals surface area contributed by atoms with E-state index in [1.165, 1.54) is 32.1 Å². The van der Waals surface area contributed by atoms with Crippen molar-refractivity contribution in [3.8, 4) is 0 Å². The lowest BCUT2D eigenvalue weighted by Gasteiger charge is -2.28. The highest BCUT2D eigenvalue weighted by atomic mass is 79.9. The lowest BCUT2D eigenvalue weighted by molar-refractivity contribution is 0.0406. The average Bonchev–Trinajstić information content (AvgIpc) is 2.75. The van der Waals surface area contributed by atoms with Gasteiger partial charge in [-0.1, -0.05) is 29.3 Å². The fourth-order valence-corrected chi connectivity index (χ4v) is 4.14. The van der Waals surface area contributed by atoms with Gasteiger partial charge < -0.3 is 4.74 Å². The standard InChI is InChI=1S/C12H21BrO/c1-8-9(6-7-11(8)13)10-4-3-5-12(10)14-2/h8-12H,3-7H2,1-2H3. The van der Waals surface area contributed by atoms with Crippen LogP contribution in [0.25, 0.3) is 0 Å². The highest BCUT2D eigenvalue weighted by Gasteiger charge is 2.41. The Morgan fingerprint density at radius 2 is 1.86 bits per heavy atom. The van der Waals surface area contributed by atoms with Crippen LogP contribution in [0.1, 0.15) is 39.0 Å². The van der Waals surface area contributed by atoms with E-state index in [0.717, 1.165) is 22.6 Å². The predicted octanol–water partition coefficient (Wildman–Crippen LogP) is 3.61. The van der Waals surface area contributed by atoms with E-state index in [-0.39, 0.29) is 0 Å². The molecule has 0 bridgehead atoms. The number of hydrogen-bond donors (Lipinski definition) is 0. The van der Waals surface area contributed by atoms with E-state index in [4.69, 9.17) is 4.74 Å². The second kappa shape index (κ2) is 4.52. The maximum atomic E-state index is 5.60. The summed E-state index contributed by atoms with van der Waals surface area (Å²) in [7, 11) is 1.88. The highest BCUT2D eigenvalue weighted by Crippen LogP contribution is 2.46. The molecule has 0 heterocycles. The molecule has 2 rings (SSSR count). The largest absolute Gasteiger partial charge is 0.381 e. The van der Waals surface area contributed by atoms with Gasteiger partial charge in [0.2, 0.25) is 0 Å². The van der Waals surface area contributed by atoms with Gasteiger partial charge in [0.05, 0.1) is 6.10 Å². The zero-order chi connectivity index (χ0) is 10.1. The SMILES string of the molecule is COC1CCCC1C1CCC(Br)C1C. The first-order valence-corrected chi connectivity index (χ1v) is 6.82. The van der Waals surface area contributed by atoms with Gasteiger partial charge in [0.25, 0.3) is 0 Å². The lowest BCUT2D eigenvalue weighted by Crippen LogP contribution is -2.27. The molecule has 2 saturated carbocycles. The van der Waals surface area contributed by atoms with Gasteiger partial charge >= 0.3 is 0 Å². The Kier molecular flexibility index (Phi) is 3.54. The Hall–Kier alpha value is 0.440. The van der Waals surface area contributed by atoms with Crippen LogP contribution in [0.4, 0.5) is 0 Å². The van der Waals surface area contributed by atoms with Crippen LogP contribution in [0.5, 0.6) is 0 Å². The molecule has 0 radical (unpaired) electrons. The van der Waals surface area contributed by atoms with E-state index in [9.17, 15) is 0 Å². The third kappa shape index (κ3) is 1.88. The summed E-state index contributed by atoms with van der Waals surface area (Å²) < 4.78 is 5.60. The van der Waals surface area contributed by atoms with E-state index in [1.54, 1.807) is 0 Å². The molecule has 2 aliphatic carbocycles. The minimum absolute atomic E-state index is 0.556. The van der Waals surface area contributed by atoms with E-state index < -0.39 is 0 Å². The molecular weight excluding hydrogens is 240 g/mol. The average molecular weight is 261 g/mol. The summed E-state index contributed by atoms with van der Waals surface area (Å²) in [4.78, 5) is 0.755. The highest BCUT2D eigenvalue weighted by molar-refractivity contribution is 9.09. The van der Waals surface area contributed by atoms with Crippen molar-refractivity contribution in [3.05, 3.63) is 0 Å². The number of ether oxygens (including phenoxy) is 1. The molecule has 2 aliphatic rings. The summed E-state index contributed by atoms with van der Waals surface area (Å²) >= 11 is 3.79. The molecular formula is C12H21BrO. The Bertz CT molecular complexity index is 193. The molecule has 82 valence electrons. The first-order chi connectivity index (χ1) is 6.74. The number of rotatable bonds is 2. The molecule has 5 unspecified atom stereocenters. The molecule has 2 heteroatoms. The normalized spacial score (nSPS) is 48.6. The molecule has 0 spiro atoms. The fourth-order valence-electron chi connectivity index (χ4n) is 3.49. The Labute approximate surface area is 95.7 Å². The number of alkyl halides is 1. The maximum Gasteiger partial charge on any atom is 0.0602 e. The maximum absolute atomic E-state index is 5.60. The molecule has 0 saturated heterocycles. The van der Waals surface area contributed by atoms with Crippen LogP contribution in [-0.4, -0.2) is 18.0 Å². The van der Waals surface area contributed by atoms with Crippen LogP contribution in [-0.2, 0) is 4.74 Å². The summed E-state index contributed by atoms with van der Waals surface area (Å²) in [5.74, 6) is 2.60. The van der Waals surface area contributed by atoms with Crippen molar-refractivity contribution in [2.45, 2.75) is 50.0 Å². The first kappa shape index (κ1) is 10.9. The van der Waals surface area contributed by atoms with Gasteiger partial charge in [-0.25, -0.2) is 0 Å². The molecule has 0 aliphatic heterocycles. The molecule has 0 amide bonds. The Morgan fingerprint density at radius 3 is 2.43 bits per heavy atom. The van der Waals surface area contributed by atoms with Gasteiger partial charge in [-0.05, 0) is 43.4 Å². The summed E-state index contributed by atoms with van der Waals surface area (Å²) in [6, 6.07) is 0. The Balaban J connectivity index is 2.00. The van der Waals surface area contributed by atoms with Crippen molar-refractivity contribution >= 4 is 15.9 Å². The van der Waals surface area contributed by atoms with Crippen LogP contribution in [0.15, 0.2) is 0 Å². The summed E-state index contributed by atoms with van der Waals surface area (Å²) in [5, 5.41) is 0. The minimum atomic E-state index is 0.556. The second-order valence-corrected chi connectivity index (χ2v) is 6.16. The monoisotopic (exact) mass is 260 g/mol. The van der Waals surface area contributed by atoms with Crippen molar-refractivity contribution in [1.29, 1.82) is 0 Å². The van der Waals surface area contributed by atoms with Gasteiger partial charge in [-0.15, -0.1) is 0 Å². The van der Waals surface area contributed by atoms with Gasteiger partial charge in [0.1, 0.15) is 0 Å². The van der Waals surface area contributed by atoms with E-state index in [2.05, 4.69) is 22.9 Å². The zero-order valence-electron chi connectivity index (χ0n) is 9.21. The molecule has 0 aromatic heterocycles. The van der Waals surface area contributed by atoms with E-state index >= 15 is 0 Å². The van der Waals surface area contributed by atoms with Gasteiger partial charge in [-0.2, -0.15) is 0 Å². The smallest absolute Gasteiger partial charge is 0.0602 e. The third-order valence-electron chi connectivity index (χ3n) is 4.38. The van der Waals surface area contributed by atoms with Crippen LogP contribution in [0, 0.1) is 17.8 Å². The van der Waals surface area contributed by atoms with E-state index in [1.807, 2.05) is 7.11 Å². The summed E-state index contributed by atoms with van der Waals surface area (Å²) in [5.41, 5.74) is 0. The number of halogens is 1. The van der Waals surface area contributed by atoms with Crippen molar-refractivity contribution in [2.75, 3.05) is 7.11 Å². The molecule has 0 aromatic rings. The van der Waals surface area contributed by atoms with Crippen LogP contribution in [0.2, 0.25) is 0 Å². The van der Waals surface area contributed by atoms with Gasteiger partial charge in [0, 0.05) is 11.9 Å². The van der Waals surface area contributed by atoms with E-state index in [0.29, 0.717) is 6.10 Å². The third-order valence-corrected chi connectivity index (χ3v) is 5.67. The predicted molar refractivity (Wildman–Crippen MR) is 62.7 cm³/mol. The van der Waals surface area contributed by atoms with Crippen LogP contribution in [0.3, 0.4) is 0 Å². The molecule has 0 N–H and O–H groups in total. The molecule has 1 nitrogen and oxygen atoms in total. The topological polar surface area (TPSA) is 9.23 Å². The van der Waals surface area contributed by atoms with Crippen molar-refractivity contribution in [2.24, 2.45) is 17.8 Å². The van der Waals surface area contributed by atoms with Crippen molar-refractivity contribution in [3.63, 3.8) is 0 Å². The summed E-state index contributed by atoms with van der Waals surface area (Å²) in [6.07, 6.45) is 7.38. The lowest BCUT2D eigenvalue weighted by atomic mass is 9.82. The van der Waals surface area contributed by atoms with Crippen LogP contribution < -0.4 is 0 Å².